The third-order valence-electron chi connectivity index (χ3n) is 3.80. The number of carbonyl (C=O) groups is 3. The van der Waals surface area contributed by atoms with Gasteiger partial charge in [0.15, 0.2) is 0 Å². The Morgan fingerprint density at radius 3 is 1.91 bits per heavy atom. The number of amides is 2. The monoisotopic (exact) mass is 330 g/mol. The van der Waals surface area contributed by atoms with Crippen molar-refractivity contribution in [3.8, 4) is 0 Å². The SMILES string of the molecule is CCC(O)C(=O)N[C@H](C(=O)N[C@@H](CC(C)C)C(=O)O)[C@@H](C)CC. The van der Waals surface area contributed by atoms with Crippen molar-refractivity contribution in [1.82, 2.24) is 10.6 Å². The van der Waals surface area contributed by atoms with Gasteiger partial charge < -0.3 is 20.8 Å². The topological polar surface area (TPSA) is 116 Å². The lowest BCUT2D eigenvalue weighted by atomic mass is 9.96. The summed E-state index contributed by atoms with van der Waals surface area (Å²) in [7, 11) is 0. The van der Waals surface area contributed by atoms with Gasteiger partial charge >= 0.3 is 5.97 Å². The third-order valence-corrected chi connectivity index (χ3v) is 3.80. The second kappa shape index (κ2) is 10.2. The van der Waals surface area contributed by atoms with Crippen molar-refractivity contribution in [3.63, 3.8) is 0 Å². The van der Waals surface area contributed by atoms with Crippen LogP contribution in [-0.2, 0) is 14.4 Å². The van der Waals surface area contributed by atoms with Crippen LogP contribution in [0.5, 0.6) is 0 Å². The Balaban J connectivity index is 5.05. The summed E-state index contributed by atoms with van der Waals surface area (Å²) in [6.07, 6.45) is -0.00557. The minimum Gasteiger partial charge on any atom is -0.480 e. The number of aliphatic hydroxyl groups is 1. The van der Waals surface area contributed by atoms with E-state index in [0.29, 0.717) is 12.8 Å². The summed E-state index contributed by atoms with van der Waals surface area (Å²) in [5.74, 6) is -2.34. The summed E-state index contributed by atoms with van der Waals surface area (Å²) < 4.78 is 0. The van der Waals surface area contributed by atoms with Gasteiger partial charge in [0.2, 0.25) is 11.8 Å². The molecule has 4 atom stereocenters. The first-order valence-electron chi connectivity index (χ1n) is 8.15. The number of aliphatic carboxylic acids is 1. The highest BCUT2D eigenvalue weighted by atomic mass is 16.4. The normalized spacial score (nSPS) is 16.3. The van der Waals surface area contributed by atoms with Gasteiger partial charge in [0.25, 0.3) is 0 Å². The van der Waals surface area contributed by atoms with Crippen LogP contribution < -0.4 is 10.6 Å². The summed E-state index contributed by atoms with van der Waals surface area (Å²) in [5, 5.41) is 23.8. The summed E-state index contributed by atoms with van der Waals surface area (Å²) in [5.41, 5.74) is 0. The van der Waals surface area contributed by atoms with E-state index < -0.39 is 36.0 Å². The van der Waals surface area contributed by atoms with E-state index >= 15 is 0 Å². The lowest BCUT2D eigenvalue weighted by Crippen LogP contribution is -2.55. The van der Waals surface area contributed by atoms with Crippen LogP contribution in [0.15, 0.2) is 0 Å². The standard InChI is InChI=1S/C16H30N2O5/c1-6-10(5)13(18-14(20)12(19)7-2)15(21)17-11(16(22)23)8-9(3)4/h9-13,19H,6-8H2,1-5H3,(H,17,21)(H,18,20)(H,22,23)/t10-,11-,12?,13-/m0/s1. The van der Waals surface area contributed by atoms with Crippen LogP contribution >= 0.6 is 0 Å². The van der Waals surface area contributed by atoms with E-state index in [-0.39, 0.29) is 18.3 Å². The second-order valence-electron chi connectivity index (χ2n) is 6.32. The van der Waals surface area contributed by atoms with Crippen molar-refractivity contribution >= 4 is 17.8 Å². The summed E-state index contributed by atoms with van der Waals surface area (Å²) in [6.45, 7) is 9.06. The smallest absolute Gasteiger partial charge is 0.326 e. The summed E-state index contributed by atoms with van der Waals surface area (Å²) in [4.78, 5) is 35.5. The lowest BCUT2D eigenvalue weighted by Gasteiger charge is -2.26. The average molecular weight is 330 g/mol. The molecule has 0 heterocycles. The number of carbonyl (C=O) groups excluding carboxylic acids is 2. The number of hydrogen-bond acceptors (Lipinski definition) is 4. The minimum atomic E-state index is -1.18. The van der Waals surface area contributed by atoms with Gasteiger partial charge in [-0.3, -0.25) is 9.59 Å². The van der Waals surface area contributed by atoms with Crippen molar-refractivity contribution in [2.75, 3.05) is 0 Å². The molecule has 4 N–H and O–H groups in total. The molecule has 0 saturated heterocycles. The van der Waals surface area contributed by atoms with Gasteiger partial charge in [-0.15, -0.1) is 0 Å². The summed E-state index contributed by atoms with van der Waals surface area (Å²) in [6, 6.07) is -1.87. The lowest BCUT2D eigenvalue weighted by molar-refractivity contribution is -0.143. The Kier molecular flexibility index (Phi) is 9.48. The Morgan fingerprint density at radius 1 is 0.957 bits per heavy atom. The largest absolute Gasteiger partial charge is 0.480 e. The fraction of sp³-hybridized carbons (Fsp3) is 0.812. The van der Waals surface area contributed by atoms with E-state index in [1.807, 2.05) is 20.8 Å². The highest BCUT2D eigenvalue weighted by molar-refractivity contribution is 5.91. The van der Waals surface area contributed by atoms with Crippen LogP contribution in [0.2, 0.25) is 0 Å². The molecule has 0 fully saturated rings. The van der Waals surface area contributed by atoms with E-state index in [4.69, 9.17) is 0 Å². The van der Waals surface area contributed by atoms with Crippen LogP contribution in [0, 0.1) is 11.8 Å². The number of rotatable bonds is 10. The first-order chi connectivity index (χ1) is 10.6. The van der Waals surface area contributed by atoms with Gasteiger partial charge in [0.05, 0.1) is 0 Å². The quantitative estimate of drug-likeness (QED) is 0.475. The van der Waals surface area contributed by atoms with Crippen molar-refractivity contribution in [3.05, 3.63) is 0 Å². The number of carboxylic acids is 1. The molecule has 0 aliphatic heterocycles. The molecule has 0 aliphatic carbocycles. The minimum absolute atomic E-state index is 0.106. The van der Waals surface area contributed by atoms with Gasteiger partial charge in [-0.1, -0.05) is 41.0 Å². The molecule has 0 aromatic carbocycles. The molecule has 0 aromatic rings. The Labute approximate surface area is 137 Å². The fourth-order valence-corrected chi connectivity index (χ4v) is 2.09. The van der Waals surface area contributed by atoms with Crippen molar-refractivity contribution in [1.29, 1.82) is 0 Å². The van der Waals surface area contributed by atoms with E-state index in [0.717, 1.165) is 0 Å². The van der Waals surface area contributed by atoms with E-state index in [1.165, 1.54) is 0 Å². The molecule has 134 valence electrons. The maximum absolute atomic E-state index is 12.4. The molecule has 0 aliphatic rings. The molecule has 0 bridgehead atoms. The molecule has 23 heavy (non-hydrogen) atoms. The molecule has 0 aromatic heterocycles. The molecule has 7 nitrogen and oxygen atoms in total. The Morgan fingerprint density at radius 2 is 1.52 bits per heavy atom. The fourth-order valence-electron chi connectivity index (χ4n) is 2.09. The van der Waals surface area contributed by atoms with Crippen molar-refractivity contribution < 1.29 is 24.6 Å². The molecule has 0 saturated carbocycles. The first-order valence-corrected chi connectivity index (χ1v) is 8.15. The molecular weight excluding hydrogens is 300 g/mol. The molecule has 0 radical (unpaired) electrons. The Hall–Kier alpha value is -1.63. The molecule has 7 heteroatoms. The maximum atomic E-state index is 12.4. The van der Waals surface area contributed by atoms with Gasteiger partial charge in [0, 0.05) is 0 Å². The molecule has 2 amide bonds. The number of aliphatic hydroxyl groups excluding tert-OH is 1. The van der Waals surface area contributed by atoms with Crippen LogP contribution in [0.4, 0.5) is 0 Å². The molecular formula is C16H30N2O5. The highest BCUT2D eigenvalue weighted by Crippen LogP contribution is 2.11. The number of hydrogen-bond donors (Lipinski definition) is 4. The number of carboxylic acid groups (broad SMARTS) is 1. The first kappa shape index (κ1) is 21.4. The molecule has 1 unspecified atom stereocenters. The van der Waals surface area contributed by atoms with Crippen LogP contribution in [0.3, 0.4) is 0 Å². The van der Waals surface area contributed by atoms with E-state index in [1.54, 1.807) is 13.8 Å². The zero-order chi connectivity index (χ0) is 18.2. The molecule has 0 rings (SSSR count). The Bertz CT molecular complexity index is 411. The zero-order valence-corrected chi connectivity index (χ0v) is 14.6. The van der Waals surface area contributed by atoms with Crippen LogP contribution in [0.25, 0.3) is 0 Å². The predicted molar refractivity (Wildman–Crippen MR) is 86.7 cm³/mol. The molecule has 0 spiro atoms. The third kappa shape index (κ3) is 7.45. The average Bonchev–Trinajstić information content (AvgIpc) is 2.49. The number of nitrogens with one attached hydrogen (secondary N) is 2. The predicted octanol–water partition coefficient (Wildman–Crippen LogP) is 0.904. The van der Waals surface area contributed by atoms with Crippen LogP contribution in [-0.4, -0.2) is 46.2 Å². The van der Waals surface area contributed by atoms with Gasteiger partial charge in [0.1, 0.15) is 18.2 Å². The van der Waals surface area contributed by atoms with Gasteiger partial charge in [-0.05, 0) is 24.7 Å². The summed E-state index contributed by atoms with van der Waals surface area (Å²) >= 11 is 0. The van der Waals surface area contributed by atoms with Gasteiger partial charge in [-0.25, -0.2) is 4.79 Å². The second-order valence-corrected chi connectivity index (χ2v) is 6.32. The van der Waals surface area contributed by atoms with Gasteiger partial charge in [-0.2, -0.15) is 0 Å². The van der Waals surface area contributed by atoms with Crippen molar-refractivity contribution in [2.45, 2.75) is 72.1 Å². The van der Waals surface area contributed by atoms with Crippen molar-refractivity contribution in [2.24, 2.45) is 11.8 Å². The van der Waals surface area contributed by atoms with E-state index in [2.05, 4.69) is 10.6 Å². The highest BCUT2D eigenvalue weighted by Gasteiger charge is 2.31. The maximum Gasteiger partial charge on any atom is 0.326 e. The zero-order valence-electron chi connectivity index (χ0n) is 14.6. The van der Waals surface area contributed by atoms with E-state index in [9.17, 15) is 24.6 Å². The van der Waals surface area contributed by atoms with Crippen LogP contribution in [0.1, 0.15) is 53.9 Å².